The summed E-state index contributed by atoms with van der Waals surface area (Å²) in [4.78, 5) is 43.2. The van der Waals surface area contributed by atoms with Crippen LogP contribution in [0.1, 0.15) is 26.4 Å². The fourth-order valence-corrected chi connectivity index (χ4v) is 4.70. The van der Waals surface area contributed by atoms with Crippen LogP contribution in [0.4, 0.5) is 0 Å². The zero-order chi connectivity index (χ0) is 25.8. The van der Waals surface area contributed by atoms with E-state index in [0.717, 1.165) is 11.3 Å². The van der Waals surface area contributed by atoms with Gasteiger partial charge in [0.1, 0.15) is 5.88 Å². The monoisotopic (exact) mass is 512 g/mol. The van der Waals surface area contributed by atoms with Crippen molar-refractivity contribution < 1.29 is 14.4 Å². The molecule has 3 aromatic carbocycles. The number of aromatic nitrogens is 2. The molecule has 2 heterocycles. The normalized spacial score (nSPS) is 13.4. The lowest BCUT2D eigenvalue weighted by molar-refractivity contribution is -0.129. The predicted molar refractivity (Wildman–Crippen MR) is 142 cm³/mol. The minimum absolute atomic E-state index is 0.0914. The molecule has 0 bridgehead atoms. The summed E-state index contributed by atoms with van der Waals surface area (Å²) in [6, 6.07) is 27.9. The SMILES string of the molecule is O=C(c1ccccc1)c1c(C(=O)N2CCN(C(=O)CCl)CC2)nn(-c2ccccc2)c1-c1ccccc1. The van der Waals surface area contributed by atoms with E-state index in [1.807, 2.05) is 66.7 Å². The minimum Gasteiger partial charge on any atom is -0.338 e. The highest BCUT2D eigenvalue weighted by atomic mass is 35.5. The second-order valence-corrected chi connectivity index (χ2v) is 8.95. The lowest BCUT2D eigenvalue weighted by Gasteiger charge is -2.34. The molecule has 7 nitrogen and oxygen atoms in total. The van der Waals surface area contributed by atoms with Gasteiger partial charge in [-0.15, -0.1) is 11.6 Å². The molecule has 0 saturated carbocycles. The van der Waals surface area contributed by atoms with E-state index in [2.05, 4.69) is 0 Å². The van der Waals surface area contributed by atoms with Crippen molar-refractivity contribution in [3.8, 4) is 16.9 Å². The maximum atomic E-state index is 14.0. The Morgan fingerprint density at radius 3 is 1.86 bits per heavy atom. The number of alkyl halides is 1. The van der Waals surface area contributed by atoms with Crippen LogP contribution in [0.5, 0.6) is 0 Å². The quantitative estimate of drug-likeness (QED) is 0.285. The van der Waals surface area contributed by atoms with Gasteiger partial charge in [0.2, 0.25) is 5.91 Å². The van der Waals surface area contributed by atoms with Crippen LogP contribution >= 0.6 is 11.6 Å². The molecule has 0 N–H and O–H groups in total. The summed E-state index contributed by atoms with van der Waals surface area (Å²) < 4.78 is 1.67. The van der Waals surface area contributed by atoms with Gasteiger partial charge in [-0.2, -0.15) is 5.10 Å². The van der Waals surface area contributed by atoms with E-state index in [-0.39, 0.29) is 34.7 Å². The van der Waals surface area contributed by atoms with Gasteiger partial charge in [-0.1, -0.05) is 78.9 Å². The van der Waals surface area contributed by atoms with E-state index in [0.29, 0.717) is 37.4 Å². The molecule has 0 radical (unpaired) electrons. The number of ketones is 1. The van der Waals surface area contributed by atoms with Crippen molar-refractivity contribution in [3.05, 3.63) is 108 Å². The number of hydrogen-bond donors (Lipinski definition) is 0. The largest absolute Gasteiger partial charge is 0.338 e. The third-order valence-corrected chi connectivity index (χ3v) is 6.66. The maximum Gasteiger partial charge on any atom is 0.275 e. The first-order valence-electron chi connectivity index (χ1n) is 12.0. The van der Waals surface area contributed by atoms with Gasteiger partial charge in [0, 0.05) is 37.3 Å². The molecule has 0 unspecified atom stereocenters. The number of halogens is 1. The number of carbonyl (C=O) groups excluding carboxylic acids is 3. The van der Waals surface area contributed by atoms with Crippen molar-refractivity contribution in [3.63, 3.8) is 0 Å². The van der Waals surface area contributed by atoms with Crippen LogP contribution in [0.3, 0.4) is 0 Å². The zero-order valence-corrected chi connectivity index (χ0v) is 20.8. The van der Waals surface area contributed by atoms with Crippen LogP contribution < -0.4 is 0 Å². The number of hydrogen-bond acceptors (Lipinski definition) is 4. The molecule has 1 aromatic heterocycles. The lowest BCUT2D eigenvalue weighted by atomic mass is 9.96. The summed E-state index contributed by atoms with van der Waals surface area (Å²) >= 11 is 5.71. The first-order valence-corrected chi connectivity index (χ1v) is 12.6. The second-order valence-electron chi connectivity index (χ2n) is 8.69. The zero-order valence-electron chi connectivity index (χ0n) is 20.1. The molecular weight excluding hydrogens is 488 g/mol. The molecule has 4 aromatic rings. The molecule has 2 amide bonds. The average Bonchev–Trinajstić information content (AvgIpc) is 3.38. The number of para-hydroxylation sites is 1. The molecule has 0 aliphatic carbocycles. The van der Waals surface area contributed by atoms with Crippen LogP contribution in [0.2, 0.25) is 0 Å². The summed E-state index contributed by atoms with van der Waals surface area (Å²) in [5, 5.41) is 4.75. The average molecular weight is 513 g/mol. The van der Waals surface area contributed by atoms with E-state index in [9.17, 15) is 14.4 Å². The van der Waals surface area contributed by atoms with Crippen molar-refractivity contribution >= 4 is 29.2 Å². The predicted octanol–water partition coefficient (Wildman–Crippen LogP) is 4.29. The molecule has 8 heteroatoms. The molecule has 186 valence electrons. The Hall–Kier alpha value is -4.23. The fraction of sp³-hybridized carbons (Fsp3) is 0.172. The topological polar surface area (TPSA) is 75.5 Å². The Bertz CT molecular complexity index is 1410. The first-order chi connectivity index (χ1) is 18.1. The fourth-order valence-electron chi connectivity index (χ4n) is 4.53. The van der Waals surface area contributed by atoms with Gasteiger partial charge < -0.3 is 9.80 Å². The standard InChI is InChI=1S/C29H25ClN4O3/c30-20-24(35)32-16-18-33(19-17-32)29(37)26-25(28(36)22-12-6-2-7-13-22)27(21-10-4-1-5-11-21)34(31-26)23-14-8-3-9-15-23/h1-15H,16-20H2. The Balaban J connectivity index is 1.66. The highest BCUT2D eigenvalue weighted by molar-refractivity contribution is 6.27. The number of amides is 2. The van der Waals surface area contributed by atoms with E-state index >= 15 is 0 Å². The van der Waals surface area contributed by atoms with Crippen LogP contribution in [-0.2, 0) is 4.79 Å². The van der Waals surface area contributed by atoms with Crippen molar-refractivity contribution in [1.29, 1.82) is 0 Å². The molecule has 1 aliphatic heterocycles. The summed E-state index contributed by atoms with van der Waals surface area (Å²) in [6.07, 6.45) is 0. The number of carbonyl (C=O) groups is 3. The molecule has 1 aliphatic rings. The van der Waals surface area contributed by atoms with E-state index in [1.165, 1.54) is 0 Å². The summed E-state index contributed by atoms with van der Waals surface area (Å²) in [7, 11) is 0. The third-order valence-electron chi connectivity index (χ3n) is 6.43. The summed E-state index contributed by atoms with van der Waals surface area (Å²) in [5.41, 5.74) is 2.88. The van der Waals surface area contributed by atoms with Crippen molar-refractivity contribution in [2.24, 2.45) is 0 Å². The second kappa shape index (κ2) is 10.8. The third kappa shape index (κ3) is 4.90. The molecule has 1 saturated heterocycles. The number of piperazine rings is 1. The van der Waals surface area contributed by atoms with Gasteiger partial charge >= 0.3 is 0 Å². The van der Waals surface area contributed by atoms with Crippen molar-refractivity contribution in [2.75, 3.05) is 32.1 Å². The minimum atomic E-state index is -0.343. The molecule has 37 heavy (non-hydrogen) atoms. The maximum absolute atomic E-state index is 14.0. The van der Waals surface area contributed by atoms with Gasteiger partial charge in [0.25, 0.3) is 5.91 Å². The van der Waals surface area contributed by atoms with Crippen LogP contribution in [0, 0.1) is 0 Å². The van der Waals surface area contributed by atoms with Crippen molar-refractivity contribution in [2.45, 2.75) is 0 Å². The van der Waals surface area contributed by atoms with Gasteiger partial charge in [0.15, 0.2) is 11.5 Å². The van der Waals surface area contributed by atoms with Gasteiger partial charge in [-0.3, -0.25) is 14.4 Å². The summed E-state index contributed by atoms with van der Waals surface area (Å²) in [5.74, 6) is -0.871. The lowest BCUT2D eigenvalue weighted by Crippen LogP contribution is -2.51. The summed E-state index contributed by atoms with van der Waals surface area (Å²) in [6.45, 7) is 1.42. The number of benzene rings is 3. The van der Waals surface area contributed by atoms with Gasteiger partial charge in [-0.25, -0.2) is 4.68 Å². The number of nitrogens with zero attached hydrogens (tertiary/aromatic N) is 4. The Morgan fingerprint density at radius 1 is 0.730 bits per heavy atom. The molecule has 0 spiro atoms. The molecule has 1 fully saturated rings. The van der Waals surface area contributed by atoms with Gasteiger partial charge in [-0.05, 0) is 12.1 Å². The van der Waals surface area contributed by atoms with E-state index < -0.39 is 0 Å². The Kier molecular flexibility index (Phi) is 7.14. The molecule has 5 rings (SSSR count). The highest BCUT2D eigenvalue weighted by Gasteiger charge is 2.33. The van der Waals surface area contributed by atoms with Crippen molar-refractivity contribution in [1.82, 2.24) is 19.6 Å². The van der Waals surface area contributed by atoms with Crippen LogP contribution in [0.25, 0.3) is 16.9 Å². The molecular formula is C29H25ClN4O3. The highest BCUT2D eigenvalue weighted by Crippen LogP contribution is 2.32. The Morgan fingerprint density at radius 2 is 1.27 bits per heavy atom. The smallest absolute Gasteiger partial charge is 0.275 e. The van der Waals surface area contributed by atoms with Crippen LogP contribution in [-0.4, -0.2) is 69.2 Å². The van der Waals surface area contributed by atoms with E-state index in [4.69, 9.17) is 16.7 Å². The first kappa shape index (κ1) is 24.5. The van der Waals surface area contributed by atoms with Gasteiger partial charge in [0.05, 0.1) is 16.9 Å². The van der Waals surface area contributed by atoms with Crippen LogP contribution in [0.15, 0.2) is 91.0 Å². The molecule has 0 atom stereocenters. The van der Waals surface area contributed by atoms with E-state index in [1.54, 1.807) is 38.7 Å². The Labute approximate surface area is 219 Å². The number of rotatable bonds is 6.